The van der Waals surface area contributed by atoms with Crippen molar-refractivity contribution in [2.24, 2.45) is 5.10 Å². The number of nitrogens with zero attached hydrogens (tertiary/aromatic N) is 2. The van der Waals surface area contributed by atoms with Crippen LogP contribution in [0.25, 0.3) is 0 Å². The fourth-order valence-corrected chi connectivity index (χ4v) is 2.90. The molecule has 2 aliphatic rings. The van der Waals surface area contributed by atoms with Gasteiger partial charge in [0.15, 0.2) is 0 Å². The van der Waals surface area contributed by atoms with Crippen molar-refractivity contribution in [1.82, 2.24) is 5.43 Å². The first-order valence-electron chi connectivity index (χ1n) is 6.04. The normalized spacial score (nSPS) is 18.8. The Bertz CT molecular complexity index is 598. The Morgan fingerprint density at radius 2 is 2.16 bits per heavy atom. The van der Waals surface area contributed by atoms with E-state index < -0.39 is 0 Å². The fourth-order valence-electron chi connectivity index (χ4n) is 2.30. The number of carbonyl (C=O) groups excluding carboxylic acids is 2. The van der Waals surface area contributed by atoms with Crippen LogP contribution in [0, 0.1) is 0 Å². The summed E-state index contributed by atoms with van der Waals surface area (Å²) >= 11 is 1.21. The number of rotatable bonds is 1. The number of hydrogen-bond donors (Lipinski definition) is 1. The number of nitrogens with one attached hydrogen (secondary N) is 1. The van der Waals surface area contributed by atoms with Crippen molar-refractivity contribution in [1.29, 1.82) is 0 Å². The summed E-state index contributed by atoms with van der Waals surface area (Å²) in [5.74, 6) is 0.734. The van der Waals surface area contributed by atoms with E-state index in [1.807, 2.05) is 12.1 Å². The Labute approximate surface area is 115 Å². The Hall–Kier alpha value is -1.82. The van der Waals surface area contributed by atoms with E-state index in [9.17, 15) is 9.59 Å². The minimum Gasteiger partial charge on any atom is -0.315 e. The molecule has 2 aliphatic heterocycles. The summed E-state index contributed by atoms with van der Waals surface area (Å²) in [6.45, 7) is 0. The predicted octanol–water partition coefficient (Wildman–Crippen LogP) is 1.76. The number of anilines is 1. The lowest BCUT2D eigenvalue weighted by Crippen LogP contribution is -2.31. The van der Waals surface area contributed by atoms with Crippen LogP contribution < -0.4 is 10.3 Å². The van der Waals surface area contributed by atoms with E-state index in [1.54, 1.807) is 11.9 Å². The van der Waals surface area contributed by atoms with E-state index in [1.165, 1.54) is 11.8 Å². The number of thioether (sulfide) groups is 1. The number of hydrogen-bond acceptors (Lipinski definition) is 4. The molecule has 2 amide bonds. The van der Waals surface area contributed by atoms with Crippen LogP contribution in [0.15, 0.2) is 23.3 Å². The SMILES string of the molecule is CN1C(=O)CCc2cc(C3=NNC(=O)SC3)ccc21. The van der Waals surface area contributed by atoms with Crippen LogP contribution in [0.2, 0.25) is 0 Å². The molecule has 1 aromatic rings. The quantitative estimate of drug-likeness (QED) is 0.849. The Kier molecular flexibility index (Phi) is 3.02. The van der Waals surface area contributed by atoms with Gasteiger partial charge in [-0.1, -0.05) is 17.8 Å². The molecule has 0 radical (unpaired) electrons. The molecule has 2 heterocycles. The summed E-state index contributed by atoms with van der Waals surface area (Å²) in [5, 5.41) is 3.96. The van der Waals surface area contributed by atoms with Crippen molar-refractivity contribution >= 4 is 34.3 Å². The van der Waals surface area contributed by atoms with Gasteiger partial charge in [-0.2, -0.15) is 5.10 Å². The topological polar surface area (TPSA) is 61.8 Å². The van der Waals surface area contributed by atoms with Crippen molar-refractivity contribution in [3.8, 4) is 0 Å². The monoisotopic (exact) mass is 275 g/mol. The van der Waals surface area contributed by atoms with Crippen LogP contribution in [0.3, 0.4) is 0 Å². The standard InChI is InChI=1S/C13H13N3O2S/c1-16-11-4-2-8(6-9(11)3-5-12(16)17)10-7-19-13(18)15-14-10/h2,4,6H,3,5,7H2,1H3,(H,15,18). The molecular weight excluding hydrogens is 262 g/mol. The molecule has 0 fully saturated rings. The highest BCUT2D eigenvalue weighted by atomic mass is 32.2. The van der Waals surface area contributed by atoms with E-state index in [-0.39, 0.29) is 11.1 Å². The number of benzene rings is 1. The van der Waals surface area contributed by atoms with Crippen LogP contribution in [-0.4, -0.2) is 29.7 Å². The smallest absolute Gasteiger partial charge is 0.299 e. The van der Waals surface area contributed by atoms with Gasteiger partial charge in [0.2, 0.25) is 5.91 Å². The van der Waals surface area contributed by atoms with Crippen molar-refractivity contribution < 1.29 is 9.59 Å². The molecule has 0 unspecified atom stereocenters. The average Bonchev–Trinajstić information content (AvgIpc) is 2.43. The molecule has 6 heteroatoms. The molecule has 3 rings (SSSR count). The second-order valence-corrected chi connectivity index (χ2v) is 5.49. The van der Waals surface area contributed by atoms with E-state index in [0.29, 0.717) is 12.2 Å². The van der Waals surface area contributed by atoms with Gasteiger partial charge in [-0.25, -0.2) is 5.43 Å². The Balaban J connectivity index is 1.94. The maximum atomic E-state index is 11.6. The summed E-state index contributed by atoms with van der Waals surface area (Å²) in [4.78, 5) is 24.4. The zero-order valence-electron chi connectivity index (χ0n) is 10.5. The van der Waals surface area contributed by atoms with E-state index in [4.69, 9.17) is 0 Å². The maximum absolute atomic E-state index is 11.6. The van der Waals surface area contributed by atoms with Crippen LogP contribution in [0.5, 0.6) is 0 Å². The molecule has 1 aromatic carbocycles. The third-order valence-electron chi connectivity index (χ3n) is 3.38. The maximum Gasteiger partial charge on any atom is 0.299 e. The minimum absolute atomic E-state index is 0.118. The molecule has 0 atom stereocenters. The Morgan fingerprint density at radius 3 is 2.89 bits per heavy atom. The average molecular weight is 275 g/mol. The van der Waals surface area contributed by atoms with E-state index >= 15 is 0 Å². The van der Waals surface area contributed by atoms with Gasteiger partial charge in [0.25, 0.3) is 5.24 Å². The second kappa shape index (κ2) is 4.70. The molecule has 19 heavy (non-hydrogen) atoms. The van der Waals surface area contributed by atoms with Crippen molar-refractivity contribution in [2.45, 2.75) is 12.8 Å². The lowest BCUT2D eigenvalue weighted by Gasteiger charge is -2.26. The fraction of sp³-hybridized carbons (Fsp3) is 0.308. The van der Waals surface area contributed by atoms with Gasteiger partial charge in [-0.3, -0.25) is 9.59 Å². The van der Waals surface area contributed by atoms with Gasteiger partial charge >= 0.3 is 0 Å². The van der Waals surface area contributed by atoms with Gasteiger partial charge < -0.3 is 4.90 Å². The van der Waals surface area contributed by atoms with Crippen molar-refractivity contribution in [3.63, 3.8) is 0 Å². The van der Waals surface area contributed by atoms with Crippen molar-refractivity contribution in [2.75, 3.05) is 17.7 Å². The van der Waals surface area contributed by atoms with Crippen LogP contribution in [0.4, 0.5) is 10.5 Å². The second-order valence-electron chi connectivity index (χ2n) is 4.54. The van der Waals surface area contributed by atoms with Gasteiger partial charge in [0, 0.05) is 24.9 Å². The van der Waals surface area contributed by atoms with Crippen LogP contribution in [0.1, 0.15) is 17.5 Å². The first-order valence-corrected chi connectivity index (χ1v) is 7.03. The summed E-state index contributed by atoms with van der Waals surface area (Å²) in [6.07, 6.45) is 1.31. The molecule has 1 N–H and O–H groups in total. The highest BCUT2D eigenvalue weighted by Gasteiger charge is 2.22. The zero-order valence-corrected chi connectivity index (χ0v) is 11.3. The van der Waals surface area contributed by atoms with Gasteiger partial charge in [-0.05, 0) is 29.7 Å². The molecule has 0 aliphatic carbocycles. The minimum atomic E-state index is -0.118. The summed E-state index contributed by atoms with van der Waals surface area (Å²) in [6, 6.07) is 5.96. The van der Waals surface area contributed by atoms with Gasteiger partial charge in [0.05, 0.1) is 5.71 Å². The third kappa shape index (κ3) is 2.23. The highest BCUT2D eigenvalue weighted by molar-refractivity contribution is 8.14. The molecule has 5 nitrogen and oxygen atoms in total. The number of carbonyl (C=O) groups is 2. The first kappa shape index (κ1) is 12.2. The first-order chi connectivity index (χ1) is 9.15. The molecule has 0 saturated heterocycles. The molecular formula is C13H13N3O2S. The van der Waals surface area contributed by atoms with E-state index in [0.717, 1.165) is 28.9 Å². The number of fused-ring (bicyclic) bond motifs is 1. The van der Waals surface area contributed by atoms with Crippen LogP contribution >= 0.6 is 11.8 Å². The molecule has 0 bridgehead atoms. The summed E-state index contributed by atoms with van der Waals surface area (Å²) < 4.78 is 0. The molecule has 0 aromatic heterocycles. The lowest BCUT2D eigenvalue weighted by molar-refractivity contribution is -0.118. The highest BCUT2D eigenvalue weighted by Crippen LogP contribution is 2.28. The number of amides is 2. The predicted molar refractivity (Wildman–Crippen MR) is 75.7 cm³/mol. The van der Waals surface area contributed by atoms with Crippen LogP contribution in [-0.2, 0) is 11.2 Å². The number of aryl methyl sites for hydroxylation is 1. The molecule has 98 valence electrons. The largest absolute Gasteiger partial charge is 0.315 e. The molecule has 0 saturated carbocycles. The van der Waals surface area contributed by atoms with E-state index in [2.05, 4.69) is 16.6 Å². The summed E-state index contributed by atoms with van der Waals surface area (Å²) in [7, 11) is 1.80. The number of hydrazone groups is 1. The van der Waals surface area contributed by atoms with Gasteiger partial charge in [-0.15, -0.1) is 0 Å². The van der Waals surface area contributed by atoms with Gasteiger partial charge in [0.1, 0.15) is 0 Å². The summed E-state index contributed by atoms with van der Waals surface area (Å²) in [5.41, 5.74) is 6.47. The third-order valence-corrected chi connectivity index (χ3v) is 4.15. The Morgan fingerprint density at radius 1 is 1.32 bits per heavy atom. The van der Waals surface area contributed by atoms with Crippen molar-refractivity contribution in [3.05, 3.63) is 29.3 Å². The lowest BCUT2D eigenvalue weighted by atomic mass is 9.98. The molecule has 0 spiro atoms. The zero-order chi connectivity index (χ0) is 13.4.